The van der Waals surface area contributed by atoms with Crippen molar-refractivity contribution >= 4 is 24.2 Å². The first-order chi connectivity index (χ1) is 52.8. The van der Waals surface area contributed by atoms with Crippen LogP contribution in [0.5, 0.6) is 0 Å². The zero-order valence-electron chi connectivity index (χ0n) is 60.3. The fourth-order valence-electron chi connectivity index (χ4n) is 17.8. The van der Waals surface area contributed by atoms with E-state index in [0.717, 1.165) is 67.0 Å². The molecule has 2 heterocycles. The molecule has 2 N–H and O–H groups in total. The highest BCUT2D eigenvalue weighted by Gasteiger charge is 2.55. The molecule has 0 saturated carbocycles. The molecule has 2 aromatic heterocycles. The predicted molar refractivity (Wildman–Crippen MR) is 456 cm³/mol. The average Bonchev–Trinajstić information content (AvgIpc) is 1.41. The molecule has 0 amide bonds. The minimum Gasteiger partial charge on any atom is -0.423 e. The second-order valence-electron chi connectivity index (χ2n) is 29.4. The van der Waals surface area contributed by atoms with E-state index in [1.54, 1.807) is 12.1 Å². The van der Waals surface area contributed by atoms with Gasteiger partial charge in [0.2, 0.25) is 0 Å². The van der Waals surface area contributed by atoms with Gasteiger partial charge in [0, 0.05) is 54.8 Å². The molecule has 4 aliphatic rings. The lowest BCUT2D eigenvalue weighted by molar-refractivity contribution is 0.426. The van der Waals surface area contributed by atoms with E-state index in [4.69, 9.17) is 31.5 Å². The molecule has 0 fully saturated rings. The van der Waals surface area contributed by atoms with Crippen LogP contribution in [0.3, 0.4) is 0 Å². The summed E-state index contributed by atoms with van der Waals surface area (Å²) in [6, 6.07) is 128. The molecule has 2 spiro atoms. The van der Waals surface area contributed by atoms with Crippen molar-refractivity contribution < 1.29 is 10.0 Å². The third kappa shape index (κ3) is 11.7. The van der Waals surface area contributed by atoms with Crippen LogP contribution in [0.2, 0.25) is 5.02 Å². The van der Waals surface area contributed by atoms with Crippen LogP contribution in [0.15, 0.2) is 364 Å². The molecule has 0 aliphatic heterocycles. The summed E-state index contributed by atoms with van der Waals surface area (Å²) in [4.78, 5) is 19.6. The van der Waals surface area contributed by atoms with E-state index < -0.39 is 12.5 Å². The van der Waals surface area contributed by atoms with Gasteiger partial charge < -0.3 is 10.0 Å². The minimum absolute atomic E-state index is 0. The zero-order chi connectivity index (χ0) is 73.3. The van der Waals surface area contributed by atoms with Crippen molar-refractivity contribution in [2.24, 2.45) is 0 Å². The number of fused-ring (bicyclic) bond motifs is 18. The topological polar surface area (TPSA) is 92.0 Å². The van der Waals surface area contributed by atoms with E-state index in [0.29, 0.717) is 11.3 Å². The number of halogens is 1. The molecule has 4 aliphatic carbocycles. The number of benzene rings is 14. The zero-order valence-corrected chi connectivity index (χ0v) is 61.0. The molecule has 0 saturated heterocycles. The predicted octanol–water partition coefficient (Wildman–Crippen LogP) is 23.9. The summed E-state index contributed by atoms with van der Waals surface area (Å²) in [5.74, 6) is 1.37. The summed E-state index contributed by atoms with van der Waals surface area (Å²) in [5, 5.41) is 19.4. The normalized spacial score (nSPS) is 13.7. The molecule has 0 atom stereocenters. The van der Waals surface area contributed by atoms with Crippen LogP contribution >= 0.6 is 11.6 Å². The summed E-state index contributed by atoms with van der Waals surface area (Å²) < 4.78 is 0. The van der Waals surface area contributed by atoms with Crippen molar-refractivity contribution in [1.29, 1.82) is 0 Å². The Bertz CT molecular complexity index is 5890. The van der Waals surface area contributed by atoms with Crippen LogP contribution < -0.4 is 5.46 Å². The molecule has 0 unspecified atom stereocenters. The van der Waals surface area contributed by atoms with E-state index in [1.165, 1.54) is 100 Å². The summed E-state index contributed by atoms with van der Waals surface area (Å²) in [6.07, 6.45) is 0. The fourth-order valence-corrected chi connectivity index (χ4v) is 18.1. The lowest BCUT2D eigenvalue weighted by Gasteiger charge is -2.46. The van der Waals surface area contributed by atoms with Crippen molar-refractivity contribution in [1.82, 2.24) is 19.9 Å². The van der Waals surface area contributed by atoms with Gasteiger partial charge in [-0.2, -0.15) is 0 Å². The maximum atomic E-state index is 9.30. The Morgan fingerprint density at radius 2 is 0.509 bits per heavy atom. The SMILES string of the molecule is C.C.CC1(C)c2ccccc2C2(c3ccccc3-c3c(-c4ccc(-c5cc(-c6ccccc6)nc(-c6ccccc6)n5)cc4)cccc32)c2ccccc21.CC1(C)c2ccccc2C2(c3ccccc3-c3c(Cl)cccc32)c2ccccc21.OB(O)c1ccc(-c2cc(-c3ccccc3)nc(-c3ccccc3)n2)cc1. The molecule has 20 rings (SSSR count). The standard InChI is InChI=1S/C50H36N2.C28H21Cl.C22H17BN2O2.2CH4/c1-49(2)40-23-11-13-25-42(40)50(43-26-14-12-24-41(43)49)39-22-10-9-20-38(39)47-37(21-15-27-44(47)50)33-28-30-35(31-29-33)46-32-45(34-16-5-3-6-17-34)51-48(52-46)36-18-7-4-8-19-36;1-27(2)20-12-5-7-14-22(20)28(23-15-8-6-13-21(23)27)19-11-4-3-10-18(19)26-24(28)16-9-17-25(26)29;26-23(27)19-13-11-17(12-14-19)21-15-20(16-7-3-1-4-8-16)24-22(25-21)18-9-5-2-6-10-18;;/h3-32H,1-2H3;3-17H,1-2H3;1-15,26-27H;2*1H4. The second-order valence-corrected chi connectivity index (χ2v) is 29.8. The molecule has 532 valence electrons. The van der Waals surface area contributed by atoms with Gasteiger partial charge in [-0.3, -0.25) is 0 Å². The van der Waals surface area contributed by atoms with Gasteiger partial charge >= 0.3 is 7.12 Å². The van der Waals surface area contributed by atoms with Crippen LogP contribution in [0.4, 0.5) is 0 Å². The summed E-state index contributed by atoms with van der Waals surface area (Å²) >= 11 is 6.81. The minimum atomic E-state index is -1.48. The Kier molecular flexibility index (Phi) is 18.9. The van der Waals surface area contributed by atoms with Gasteiger partial charge in [-0.1, -0.05) is 400 Å². The number of aromatic nitrogens is 4. The summed E-state index contributed by atoms with van der Waals surface area (Å²) in [5.41, 5.74) is 32.8. The van der Waals surface area contributed by atoms with Gasteiger partial charge in [0.05, 0.1) is 33.6 Å². The molecular weight excluding hydrogens is 1360 g/mol. The second kappa shape index (κ2) is 28.9. The maximum absolute atomic E-state index is 9.30. The van der Waals surface area contributed by atoms with Crippen molar-refractivity contribution in [3.05, 3.63) is 436 Å². The van der Waals surface area contributed by atoms with Crippen molar-refractivity contribution in [3.63, 3.8) is 0 Å². The van der Waals surface area contributed by atoms with Crippen LogP contribution in [0.25, 0.3) is 101 Å². The first kappa shape index (κ1) is 71.8. The smallest absolute Gasteiger partial charge is 0.423 e. The first-order valence-electron chi connectivity index (χ1n) is 36.9. The van der Waals surface area contributed by atoms with Gasteiger partial charge in [0.15, 0.2) is 11.6 Å². The summed E-state index contributed by atoms with van der Waals surface area (Å²) in [7, 11) is -1.48. The van der Waals surface area contributed by atoms with E-state index in [9.17, 15) is 10.0 Å². The Morgan fingerprint density at radius 3 is 0.882 bits per heavy atom. The Hall–Kier alpha value is -12.5. The van der Waals surface area contributed by atoms with Gasteiger partial charge in [0.25, 0.3) is 0 Å². The largest absolute Gasteiger partial charge is 0.488 e. The van der Waals surface area contributed by atoms with Crippen molar-refractivity contribution in [3.8, 4) is 101 Å². The number of rotatable bonds is 8. The highest BCUT2D eigenvalue weighted by molar-refractivity contribution is 6.58. The van der Waals surface area contributed by atoms with Crippen LogP contribution in [-0.4, -0.2) is 37.1 Å². The lowest BCUT2D eigenvalue weighted by Crippen LogP contribution is -2.40. The number of hydrogen-bond acceptors (Lipinski definition) is 6. The summed E-state index contributed by atoms with van der Waals surface area (Å²) in [6.45, 7) is 9.44. The van der Waals surface area contributed by atoms with E-state index in [-0.39, 0.29) is 31.1 Å². The Labute approximate surface area is 651 Å². The van der Waals surface area contributed by atoms with Crippen LogP contribution in [0.1, 0.15) is 109 Å². The number of hydrogen-bond donors (Lipinski definition) is 2. The van der Waals surface area contributed by atoms with E-state index >= 15 is 0 Å². The molecular formula is C102H82BClN4O2. The van der Waals surface area contributed by atoms with Crippen LogP contribution in [0, 0.1) is 0 Å². The molecule has 14 aromatic carbocycles. The van der Waals surface area contributed by atoms with E-state index in [2.05, 4.69) is 270 Å². The monoisotopic (exact) mass is 1440 g/mol. The van der Waals surface area contributed by atoms with Gasteiger partial charge in [0.1, 0.15) is 0 Å². The third-order valence-corrected chi connectivity index (χ3v) is 23.1. The Balaban J connectivity index is 0.000000135. The van der Waals surface area contributed by atoms with Gasteiger partial charge in [-0.25, -0.2) is 19.9 Å². The molecule has 16 aromatic rings. The Morgan fingerprint density at radius 1 is 0.245 bits per heavy atom. The highest BCUT2D eigenvalue weighted by atomic mass is 35.5. The lowest BCUT2D eigenvalue weighted by atomic mass is 9.55. The van der Waals surface area contributed by atoms with E-state index in [1.807, 2.05) is 109 Å². The quantitative estimate of drug-likeness (QED) is 0.147. The van der Waals surface area contributed by atoms with Crippen molar-refractivity contribution in [2.75, 3.05) is 0 Å². The first-order valence-corrected chi connectivity index (χ1v) is 37.3. The highest BCUT2D eigenvalue weighted by Crippen LogP contribution is 2.65. The van der Waals surface area contributed by atoms with Crippen molar-refractivity contribution in [2.45, 2.75) is 64.2 Å². The fraction of sp³-hybridized carbons (Fsp3) is 0.0980. The molecule has 0 bridgehead atoms. The third-order valence-electron chi connectivity index (χ3n) is 22.8. The van der Waals surface area contributed by atoms with Crippen LogP contribution in [-0.2, 0) is 21.7 Å². The molecule has 8 heteroatoms. The average molecular weight is 1440 g/mol. The van der Waals surface area contributed by atoms with Gasteiger partial charge in [-0.15, -0.1) is 0 Å². The molecule has 6 nitrogen and oxygen atoms in total. The maximum Gasteiger partial charge on any atom is 0.488 e. The van der Waals surface area contributed by atoms with Gasteiger partial charge in [-0.05, 0) is 118 Å². The molecule has 110 heavy (non-hydrogen) atoms. The molecule has 0 radical (unpaired) electrons. The number of nitrogens with zero attached hydrogens (tertiary/aromatic N) is 4.